The molecule has 0 aliphatic carbocycles. The second-order valence-corrected chi connectivity index (χ2v) is 6.69. The molecular formula is C22H29FN4O2. The largest absolute Gasteiger partial charge is 0.489 e. The van der Waals surface area contributed by atoms with Crippen molar-refractivity contribution in [2.75, 3.05) is 18.9 Å². The van der Waals surface area contributed by atoms with E-state index in [1.807, 2.05) is 38.1 Å². The Labute approximate surface area is 171 Å². The number of halogens is 1. The summed E-state index contributed by atoms with van der Waals surface area (Å²) in [6.07, 6.45) is 1.18. The number of carbonyl (C=O) groups is 1. The average molecular weight is 400 g/mol. The minimum atomic E-state index is -0.323. The molecule has 1 amide bonds. The quantitative estimate of drug-likeness (QED) is 0.443. The number of guanidine groups is 1. The number of anilines is 1. The number of nitrogens with one attached hydrogen (secondary N) is 3. The standard InChI is InChI=1S/C22H29FN4O2/c1-4-6-21(28)27-19-11-9-17(10-12-19)15-26-22(24-3)25-14-16(2)29-20-8-5-7-18(23)13-20/h5,7-13,16H,4,6,14-15H2,1-3H3,(H,27,28)(H2,24,25,26). The van der Waals surface area contributed by atoms with Crippen molar-refractivity contribution >= 4 is 17.6 Å². The van der Waals surface area contributed by atoms with Crippen molar-refractivity contribution in [1.82, 2.24) is 10.6 Å². The summed E-state index contributed by atoms with van der Waals surface area (Å²) in [4.78, 5) is 15.8. The Morgan fingerprint density at radius 1 is 1.17 bits per heavy atom. The molecule has 6 nitrogen and oxygen atoms in total. The fourth-order valence-electron chi connectivity index (χ4n) is 2.62. The zero-order valence-electron chi connectivity index (χ0n) is 17.2. The highest BCUT2D eigenvalue weighted by molar-refractivity contribution is 5.90. The van der Waals surface area contributed by atoms with Crippen LogP contribution < -0.4 is 20.7 Å². The van der Waals surface area contributed by atoms with Crippen LogP contribution in [0.4, 0.5) is 10.1 Å². The van der Waals surface area contributed by atoms with Gasteiger partial charge >= 0.3 is 0 Å². The van der Waals surface area contributed by atoms with Crippen LogP contribution in [0.2, 0.25) is 0 Å². The van der Waals surface area contributed by atoms with Gasteiger partial charge in [0.05, 0.1) is 6.54 Å². The van der Waals surface area contributed by atoms with Gasteiger partial charge in [-0.25, -0.2) is 4.39 Å². The topological polar surface area (TPSA) is 74.8 Å². The Kier molecular flexibility index (Phi) is 8.95. The molecule has 0 fully saturated rings. The lowest BCUT2D eigenvalue weighted by Gasteiger charge is -2.18. The Morgan fingerprint density at radius 3 is 2.59 bits per heavy atom. The molecule has 156 valence electrons. The number of nitrogens with zero attached hydrogens (tertiary/aromatic N) is 1. The molecule has 29 heavy (non-hydrogen) atoms. The van der Waals surface area contributed by atoms with Gasteiger partial charge in [-0.15, -0.1) is 0 Å². The highest BCUT2D eigenvalue weighted by Crippen LogP contribution is 2.13. The van der Waals surface area contributed by atoms with Gasteiger partial charge in [0.1, 0.15) is 17.7 Å². The van der Waals surface area contributed by atoms with E-state index in [-0.39, 0.29) is 17.8 Å². The van der Waals surface area contributed by atoms with Gasteiger partial charge in [0.25, 0.3) is 0 Å². The summed E-state index contributed by atoms with van der Waals surface area (Å²) < 4.78 is 18.9. The summed E-state index contributed by atoms with van der Waals surface area (Å²) in [7, 11) is 1.69. The first-order chi connectivity index (χ1) is 14.0. The SMILES string of the molecule is CCCC(=O)Nc1ccc(CNC(=NC)NCC(C)Oc2cccc(F)c2)cc1. The zero-order valence-corrected chi connectivity index (χ0v) is 17.2. The van der Waals surface area contributed by atoms with Crippen LogP contribution in [0, 0.1) is 5.82 Å². The highest BCUT2D eigenvalue weighted by Gasteiger charge is 2.07. The Hall–Kier alpha value is -3.09. The van der Waals surface area contributed by atoms with Crippen LogP contribution in [-0.4, -0.2) is 31.6 Å². The Balaban J connectivity index is 1.76. The van der Waals surface area contributed by atoms with Gasteiger partial charge in [0.2, 0.25) is 5.91 Å². The second kappa shape index (κ2) is 11.7. The summed E-state index contributed by atoms with van der Waals surface area (Å²) in [5.41, 5.74) is 1.85. The molecule has 2 rings (SSSR count). The summed E-state index contributed by atoms with van der Waals surface area (Å²) >= 11 is 0. The predicted octanol–water partition coefficient (Wildman–Crippen LogP) is 3.70. The number of rotatable bonds is 9. The molecule has 0 spiro atoms. The molecule has 1 atom stereocenters. The fraction of sp³-hybridized carbons (Fsp3) is 0.364. The maximum absolute atomic E-state index is 13.2. The molecule has 0 bridgehead atoms. The summed E-state index contributed by atoms with van der Waals surface area (Å²) in [6.45, 7) is 4.97. The number of hydrogen-bond acceptors (Lipinski definition) is 3. The van der Waals surface area contributed by atoms with E-state index in [4.69, 9.17) is 4.74 Å². The highest BCUT2D eigenvalue weighted by atomic mass is 19.1. The maximum atomic E-state index is 13.2. The van der Waals surface area contributed by atoms with Crippen LogP contribution in [0.25, 0.3) is 0 Å². The van der Waals surface area contributed by atoms with Crippen molar-refractivity contribution in [2.24, 2.45) is 4.99 Å². The van der Waals surface area contributed by atoms with Crippen molar-refractivity contribution in [3.63, 3.8) is 0 Å². The molecule has 1 unspecified atom stereocenters. The third-order valence-corrected chi connectivity index (χ3v) is 4.09. The van der Waals surface area contributed by atoms with E-state index in [1.165, 1.54) is 12.1 Å². The third kappa shape index (κ3) is 8.21. The van der Waals surface area contributed by atoms with Gasteiger partial charge in [-0.1, -0.05) is 25.1 Å². The van der Waals surface area contributed by atoms with Gasteiger partial charge in [-0.05, 0) is 43.2 Å². The number of ether oxygens (including phenoxy) is 1. The van der Waals surface area contributed by atoms with E-state index in [0.717, 1.165) is 17.7 Å². The van der Waals surface area contributed by atoms with Crippen LogP contribution in [0.5, 0.6) is 5.75 Å². The summed E-state index contributed by atoms with van der Waals surface area (Å²) in [5, 5.41) is 9.29. The summed E-state index contributed by atoms with van der Waals surface area (Å²) in [6, 6.07) is 13.8. The molecule has 0 radical (unpaired) electrons. The molecular weight excluding hydrogens is 371 g/mol. The fourth-order valence-corrected chi connectivity index (χ4v) is 2.62. The first kappa shape index (κ1) is 22.2. The molecule has 7 heteroatoms. The second-order valence-electron chi connectivity index (χ2n) is 6.69. The lowest BCUT2D eigenvalue weighted by Crippen LogP contribution is -2.41. The van der Waals surface area contributed by atoms with Gasteiger partial charge < -0.3 is 20.7 Å². The number of benzene rings is 2. The average Bonchev–Trinajstić information content (AvgIpc) is 2.69. The Bertz CT molecular complexity index is 809. The number of aliphatic imine (C=N–C) groups is 1. The Morgan fingerprint density at radius 2 is 1.93 bits per heavy atom. The molecule has 0 aromatic heterocycles. The van der Waals surface area contributed by atoms with E-state index in [2.05, 4.69) is 20.9 Å². The molecule has 0 saturated heterocycles. The maximum Gasteiger partial charge on any atom is 0.224 e. The minimum Gasteiger partial charge on any atom is -0.489 e. The lowest BCUT2D eigenvalue weighted by atomic mass is 10.2. The predicted molar refractivity (Wildman–Crippen MR) is 115 cm³/mol. The molecule has 0 aliphatic heterocycles. The van der Waals surface area contributed by atoms with Gasteiger partial charge in [-0.2, -0.15) is 0 Å². The van der Waals surface area contributed by atoms with E-state index < -0.39 is 0 Å². The smallest absolute Gasteiger partial charge is 0.224 e. The lowest BCUT2D eigenvalue weighted by molar-refractivity contribution is -0.116. The molecule has 3 N–H and O–H groups in total. The molecule has 2 aromatic rings. The minimum absolute atomic E-state index is 0.0255. The van der Waals surface area contributed by atoms with E-state index in [9.17, 15) is 9.18 Å². The van der Waals surface area contributed by atoms with Crippen LogP contribution in [-0.2, 0) is 11.3 Å². The zero-order chi connectivity index (χ0) is 21.1. The van der Waals surface area contributed by atoms with E-state index in [1.54, 1.807) is 19.2 Å². The molecule has 0 saturated carbocycles. The van der Waals surface area contributed by atoms with Crippen molar-refractivity contribution in [3.05, 3.63) is 59.9 Å². The van der Waals surface area contributed by atoms with Crippen molar-refractivity contribution in [3.8, 4) is 5.75 Å². The van der Waals surface area contributed by atoms with Crippen LogP contribution in [0.3, 0.4) is 0 Å². The summed E-state index contributed by atoms with van der Waals surface area (Å²) in [5.74, 6) is 0.835. The van der Waals surface area contributed by atoms with E-state index >= 15 is 0 Å². The van der Waals surface area contributed by atoms with E-state index in [0.29, 0.717) is 31.2 Å². The van der Waals surface area contributed by atoms with Gasteiger partial charge in [-0.3, -0.25) is 9.79 Å². The first-order valence-corrected chi connectivity index (χ1v) is 9.75. The van der Waals surface area contributed by atoms with Crippen LogP contribution in [0.1, 0.15) is 32.3 Å². The van der Waals surface area contributed by atoms with Crippen LogP contribution in [0.15, 0.2) is 53.5 Å². The first-order valence-electron chi connectivity index (χ1n) is 9.75. The van der Waals surface area contributed by atoms with Gasteiger partial charge in [0, 0.05) is 31.8 Å². The number of hydrogen-bond donors (Lipinski definition) is 3. The molecule has 0 heterocycles. The molecule has 2 aromatic carbocycles. The van der Waals surface area contributed by atoms with Crippen molar-refractivity contribution in [2.45, 2.75) is 39.3 Å². The normalized spacial score (nSPS) is 12.2. The van der Waals surface area contributed by atoms with Crippen LogP contribution >= 0.6 is 0 Å². The molecule has 0 aliphatic rings. The number of carbonyl (C=O) groups excluding carboxylic acids is 1. The van der Waals surface area contributed by atoms with Gasteiger partial charge in [0.15, 0.2) is 5.96 Å². The van der Waals surface area contributed by atoms with Crippen molar-refractivity contribution in [1.29, 1.82) is 0 Å². The number of amides is 1. The van der Waals surface area contributed by atoms with Crippen molar-refractivity contribution < 1.29 is 13.9 Å². The third-order valence-electron chi connectivity index (χ3n) is 4.09. The monoisotopic (exact) mass is 400 g/mol.